The fraction of sp³-hybridized carbons (Fsp3) is 0.0769. The predicted molar refractivity (Wildman–Crippen MR) is 70.9 cm³/mol. The van der Waals surface area contributed by atoms with Gasteiger partial charge in [0.2, 0.25) is 0 Å². The third-order valence-corrected chi connectivity index (χ3v) is 3.15. The zero-order valence-electron chi connectivity index (χ0n) is 9.38. The second kappa shape index (κ2) is 5.41. The molecular weight excluding hydrogens is 232 g/mol. The number of hydrogen-bond acceptors (Lipinski definition) is 3. The molecule has 86 valence electrons. The van der Waals surface area contributed by atoms with Gasteiger partial charge in [0.15, 0.2) is 0 Å². The number of carbonyl (C=O) groups excluding carboxylic acids is 1. The van der Waals surface area contributed by atoms with Crippen LogP contribution >= 0.6 is 11.3 Å². The van der Waals surface area contributed by atoms with E-state index in [4.69, 9.17) is 0 Å². The predicted octanol–water partition coefficient (Wildman–Crippen LogP) is 2.67. The molecule has 3 nitrogen and oxygen atoms in total. The van der Waals surface area contributed by atoms with Gasteiger partial charge in [-0.15, -0.1) is 11.3 Å². The number of rotatable bonds is 3. The second-order valence-electron chi connectivity index (χ2n) is 3.39. The number of nitrogens with zero attached hydrogens (tertiary/aromatic N) is 1. The van der Waals surface area contributed by atoms with Crippen LogP contribution in [0.5, 0.6) is 0 Å². The minimum absolute atomic E-state index is 0.0955. The van der Waals surface area contributed by atoms with E-state index >= 15 is 0 Å². The summed E-state index contributed by atoms with van der Waals surface area (Å²) in [6.45, 7) is 0. The molecule has 0 aliphatic heterocycles. The van der Waals surface area contributed by atoms with E-state index in [2.05, 4.69) is 10.3 Å². The molecule has 2 aromatic rings. The highest BCUT2D eigenvalue weighted by Crippen LogP contribution is 2.15. The molecule has 1 aromatic heterocycles. The van der Waals surface area contributed by atoms with Crippen LogP contribution in [0.3, 0.4) is 0 Å². The molecule has 1 amide bonds. The minimum Gasteiger partial charge on any atom is -0.354 e. The molecule has 1 aromatic carbocycles. The van der Waals surface area contributed by atoms with Crippen molar-refractivity contribution >= 4 is 29.4 Å². The van der Waals surface area contributed by atoms with Crippen molar-refractivity contribution in [1.29, 1.82) is 0 Å². The van der Waals surface area contributed by atoms with Gasteiger partial charge in [0.1, 0.15) is 9.88 Å². The maximum absolute atomic E-state index is 11.3. The number of benzene rings is 1. The van der Waals surface area contributed by atoms with Crippen LogP contribution in [0, 0.1) is 0 Å². The lowest BCUT2D eigenvalue weighted by atomic mass is 10.2. The van der Waals surface area contributed by atoms with Gasteiger partial charge in [0.25, 0.3) is 5.91 Å². The van der Waals surface area contributed by atoms with Crippen molar-refractivity contribution in [2.24, 2.45) is 0 Å². The van der Waals surface area contributed by atoms with Crippen LogP contribution in [0.15, 0.2) is 36.5 Å². The average molecular weight is 244 g/mol. The summed E-state index contributed by atoms with van der Waals surface area (Å²) < 4.78 is 0. The molecule has 4 heteroatoms. The molecule has 1 heterocycles. The van der Waals surface area contributed by atoms with Gasteiger partial charge < -0.3 is 5.32 Å². The summed E-state index contributed by atoms with van der Waals surface area (Å²) in [6.07, 6.45) is 5.48. The molecule has 0 saturated heterocycles. The van der Waals surface area contributed by atoms with E-state index in [1.807, 2.05) is 42.5 Å². The van der Waals surface area contributed by atoms with Crippen LogP contribution in [0.1, 0.15) is 20.2 Å². The van der Waals surface area contributed by atoms with Gasteiger partial charge in [-0.05, 0) is 11.6 Å². The lowest BCUT2D eigenvalue weighted by Crippen LogP contribution is -2.16. The van der Waals surface area contributed by atoms with E-state index < -0.39 is 0 Å². The molecule has 0 aliphatic carbocycles. The van der Waals surface area contributed by atoms with Gasteiger partial charge >= 0.3 is 0 Å². The molecule has 0 aliphatic rings. The molecule has 0 saturated carbocycles. The average Bonchev–Trinajstić information content (AvgIpc) is 2.85. The maximum atomic E-state index is 11.3. The summed E-state index contributed by atoms with van der Waals surface area (Å²) in [5, 5.41) is 3.40. The summed E-state index contributed by atoms with van der Waals surface area (Å²) >= 11 is 1.37. The van der Waals surface area contributed by atoms with Gasteiger partial charge in [-0.1, -0.05) is 36.4 Å². The van der Waals surface area contributed by atoms with Gasteiger partial charge in [0.05, 0.1) is 6.20 Å². The number of amides is 1. The van der Waals surface area contributed by atoms with Crippen molar-refractivity contribution in [3.63, 3.8) is 0 Å². The Balaban J connectivity index is 2.12. The summed E-state index contributed by atoms with van der Waals surface area (Å²) in [6, 6.07) is 9.98. The van der Waals surface area contributed by atoms with Crippen LogP contribution in [-0.4, -0.2) is 17.9 Å². The van der Waals surface area contributed by atoms with Crippen LogP contribution in [-0.2, 0) is 0 Å². The van der Waals surface area contributed by atoms with E-state index in [1.54, 1.807) is 13.2 Å². The van der Waals surface area contributed by atoms with E-state index in [9.17, 15) is 4.79 Å². The molecule has 0 unspecified atom stereocenters. The molecule has 17 heavy (non-hydrogen) atoms. The molecular formula is C13H12N2OS. The molecule has 0 bridgehead atoms. The third kappa shape index (κ3) is 3.01. The zero-order chi connectivity index (χ0) is 12.1. The van der Waals surface area contributed by atoms with E-state index in [-0.39, 0.29) is 5.91 Å². The first kappa shape index (κ1) is 11.5. The fourth-order valence-corrected chi connectivity index (χ4v) is 2.09. The van der Waals surface area contributed by atoms with Gasteiger partial charge in [-0.3, -0.25) is 4.79 Å². The standard InChI is InChI=1S/C13H12N2OS/c1-14-13(16)11-9-15-12(17-11)8-7-10-5-3-2-4-6-10/h2-9H,1H3,(H,14,16)/b8-7-. The monoisotopic (exact) mass is 244 g/mol. The first-order valence-corrected chi connectivity index (χ1v) is 6.02. The summed E-state index contributed by atoms with van der Waals surface area (Å²) in [7, 11) is 1.61. The topological polar surface area (TPSA) is 42.0 Å². The molecule has 0 spiro atoms. The lowest BCUT2D eigenvalue weighted by Gasteiger charge is -1.91. The smallest absolute Gasteiger partial charge is 0.262 e. The number of hydrogen-bond donors (Lipinski definition) is 1. The van der Waals surface area contributed by atoms with Crippen molar-refractivity contribution in [3.05, 3.63) is 52.0 Å². The Bertz CT molecular complexity index is 531. The molecule has 0 radical (unpaired) electrons. The van der Waals surface area contributed by atoms with Crippen molar-refractivity contribution in [1.82, 2.24) is 10.3 Å². The van der Waals surface area contributed by atoms with Gasteiger partial charge in [-0.2, -0.15) is 0 Å². The normalized spacial score (nSPS) is 10.6. The Labute approximate surface area is 104 Å². The summed E-state index contributed by atoms with van der Waals surface area (Å²) in [5.74, 6) is -0.0955. The van der Waals surface area contributed by atoms with E-state index in [1.165, 1.54) is 11.3 Å². The van der Waals surface area contributed by atoms with Gasteiger partial charge in [-0.25, -0.2) is 4.98 Å². The van der Waals surface area contributed by atoms with Crippen LogP contribution in [0.2, 0.25) is 0 Å². The zero-order valence-corrected chi connectivity index (χ0v) is 10.2. The van der Waals surface area contributed by atoms with Crippen molar-refractivity contribution in [3.8, 4) is 0 Å². The number of nitrogens with one attached hydrogen (secondary N) is 1. The minimum atomic E-state index is -0.0955. The highest BCUT2D eigenvalue weighted by atomic mass is 32.1. The number of aromatic nitrogens is 1. The van der Waals surface area contributed by atoms with Crippen LogP contribution in [0.4, 0.5) is 0 Å². The van der Waals surface area contributed by atoms with Crippen LogP contribution in [0.25, 0.3) is 12.2 Å². The van der Waals surface area contributed by atoms with Crippen molar-refractivity contribution < 1.29 is 4.79 Å². The summed E-state index contributed by atoms with van der Waals surface area (Å²) in [4.78, 5) is 16.1. The first-order chi connectivity index (χ1) is 8.29. The fourth-order valence-electron chi connectivity index (χ4n) is 1.32. The lowest BCUT2D eigenvalue weighted by molar-refractivity contribution is 0.0967. The van der Waals surface area contributed by atoms with E-state index in [0.717, 1.165) is 10.6 Å². The van der Waals surface area contributed by atoms with Crippen molar-refractivity contribution in [2.45, 2.75) is 0 Å². The molecule has 0 fully saturated rings. The first-order valence-electron chi connectivity index (χ1n) is 5.20. The van der Waals surface area contributed by atoms with E-state index in [0.29, 0.717) is 4.88 Å². The van der Waals surface area contributed by atoms with Crippen molar-refractivity contribution in [2.75, 3.05) is 7.05 Å². The quantitative estimate of drug-likeness (QED) is 0.902. The SMILES string of the molecule is CNC(=O)c1cnc(/C=C\c2ccccc2)s1. The highest BCUT2D eigenvalue weighted by molar-refractivity contribution is 7.14. The van der Waals surface area contributed by atoms with Crippen LogP contribution < -0.4 is 5.32 Å². The third-order valence-electron chi connectivity index (χ3n) is 2.19. The number of carbonyl (C=O) groups is 1. The Morgan fingerprint density at radius 2 is 2.06 bits per heavy atom. The molecule has 2 rings (SSSR count). The Morgan fingerprint density at radius 3 is 2.76 bits per heavy atom. The largest absolute Gasteiger partial charge is 0.354 e. The molecule has 0 atom stereocenters. The Hall–Kier alpha value is -1.94. The van der Waals surface area contributed by atoms with Gasteiger partial charge in [0, 0.05) is 7.05 Å². The number of thiazole rings is 1. The Kier molecular flexibility index (Phi) is 3.67. The molecule has 1 N–H and O–H groups in total. The second-order valence-corrected chi connectivity index (χ2v) is 4.45. The highest BCUT2D eigenvalue weighted by Gasteiger charge is 2.06. The Morgan fingerprint density at radius 1 is 1.29 bits per heavy atom. The maximum Gasteiger partial charge on any atom is 0.262 e. The summed E-state index contributed by atoms with van der Waals surface area (Å²) in [5.41, 5.74) is 1.11.